The molecule has 0 aliphatic heterocycles. The standard InChI is InChI=1S/C24H16F3N3OS/c1-15-6-5-9-17(10-15)21-11-20(24(25,26)27)19(12-28)23(31)30(21)13-18-14-32-22(29-18)16-7-3-2-4-8-16/h2-11,14H,13H2,1H3. The van der Waals surface area contributed by atoms with Gasteiger partial charge in [-0.05, 0) is 24.6 Å². The molecule has 0 saturated heterocycles. The van der Waals surface area contributed by atoms with E-state index in [1.165, 1.54) is 22.0 Å². The lowest BCUT2D eigenvalue weighted by Gasteiger charge is -2.17. The van der Waals surface area contributed by atoms with Crippen molar-refractivity contribution in [1.29, 1.82) is 5.26 Å². The van der Waals surface area contributed by atoms with E-state index in [-0.39, 0.29) is 12.2 Å². The molecule has 0 radical (unpaired) electrons. The predicted octanol–water partition coefficient (Wildman–Crippen LogP) is 5.89. The van der Waals surface area contributed by atoms with Crippen LogP contribution in [0.4, 0.5) is 13.2 Å². The normalized spacial score (nSPS) is 11.3. The van der Waals surface area contributed by atoms with Crippen molar-refractivity contribution in [2.24, 2.45) is 0 Å². The van der Waals surface area contributed by atoms with Crippen molar-refractivity contribution in [3.8, 4) is 27.9 Å². The summed E-state index contributed by atoms with van der Waals surface area (Å²) in [6.07, 6.45) is -4.83. The Morgan fingerprint density at radius 3 is 2.44 bits per heavy atom. The highest BCUT2D eigenvalue weighted by Gasteiger charge is 2.36. The number of pyridine rings is 1. The minimum absolute atomic E-state index is 0.0573. The first-order valence-electron chi connectivity index (χ1n) is 9.60. The van der Waals surface area contributed by atoms with Crippen molar-refractivity contribution in [2.75, 3.05) is 0 Å². The Morgan fingerprint density at radius 1 is 1.06 bits per heavy atom. The Labute approximate surface area is 185 Å². The molecule has 0 bridgehead atoms. The van der Waals surface area contributed by atoms with E-state index in [4.69, 9.17) is 0 Å². The Kier molecular flexibility index (Phi) is 5.68. The van der Waals surface area contributed by atoms with Crippen molar-refractivity contribution < 1.29 is 13.2 Å². The van der Waals surface area contributed by atoms with E-state index in [1.54, 1.807) is 23.6 Å². The van der Waals surface area contributed by atoms with Crippen LogP contribution >= 0.6 is 11.3 Å². The van der Waals surface area contributed by atoms with Gasteiger partial charge in [-0.1, -0.05) is 54.1 Å². The average Bonchev–Trinajstić information content (AvgIpc) is 3.23. The van der Waals surface area contributed by atoms with Gasteiger partial charge in [-0.15, -0.1) is 11.3 Å². The maximum atomic E-state index is 13.6. The van der Waals surface area contributed by atoms with E-state index in [2.05, 4.69) is 4.98 Å². The van der Waals surface area contributed by atoms with Crippen LogP contribution in [-0.4, -0.2) is 9.55 Å². The topological polar surface area (TPSA) is 58.7 Å². The van der Waals surface area contributed by atoms with Gasteiger partial charge >= 0.3 is 6.18 Å². The molecule has 0 unspecified atom stereocenters. The summed E-state index contributed by atoms with van der Waals surface area (Å²) in [5.41, 5.74) is -0.357. The smallest absolute Gasteiger partial charge is 0.301 e. The number of aryl methyl sites for hydroxylation is 1. The Morgan fingerprint density at radius 2 is 1.78 bits per heavy atom. The van der Waals surface area contributed by atoms with Crippen LogP contribution in [0.25, 0.3) is 21.8 Å². The zero-order valence-corrected chi connectivity index (χ0v) is 17.7. The molecule has 0 aliphatic rings. The van der Waals surface area contributed by atoms with Crippen LogP contribution in [-0.2, 0) is 12.7 Å². The van der Waals surface area contributed by atoms with Crippen LogP contribution in [0.5, 0.6) is 0 Å². The Hall–Kier alpha value is -3.70. The number of halogens is 3. The van der Waals surface area contributed by atoms with E-state index in [0.717, 1.165) is 22.2 Å². The molecule has 8 heteroatoms. The van der Waals surface area contributed by atoms with Gasteiger partial charge in [0, 0.05) is 10.9 Å². The second-order valence-electron chi connectivity index (χ2n) is 7.20. The summed E-state index contributed by atoms with van der Waals surface area (Å²) in [7, 11) is 0. The third-order valence-corrected chi connectivity index (χ3v) is 5.86. The number of nitriles is 1. The minimum atomic E-state index is -4.83. The quantitative estimate of drug-likeness (QED) is 0.389. The molecule has 2 heterocycles. The van der Waals surface area contributed by atoms with Gasteiger partial charge in [0.25, 0.3) is 5.56 Å². The maximum Gasteiger partial charge on any atom is 0.417 e. The summed E-state index contributed by atoms with van der Waals surface area (Å²) in [6.45, 7) is 1.76. The average molecular weight is 451 g/mol. The number of benzene rings is 2. The van der Waals surface area contributed by atoms with E-state index < -0.39 is 22.9 Å². The molecule has 0 fully saturated rings. The van der Waals surface area contributed by atoms with Crippen LogP contribution in [0.3, 0.4) is 0 Å². The summed E-state index contributed by atoms with van der Waals surface area (Å²) in [5.74, 6) is 0. The van der Waals surface area contributed by atoms with E-state index in [1.807, 2.05) is 43.3 Å². The number of thiazole rings is 1. The molecule has 0 N–H and O–H groups in total. The minimum Gasteiger partial charge on any atom is -0.301 e. The summed E-state index contributed by atoms with van der Waals surface area (Å²) >= 11 is 1.38. The Balaban J connectivity index is 1.88. The molecular weight excluding hydrogens is 435 g/mol. The van der Waals surface area contributed by atoms with Crippen LogP contribution in [0.2, 0.25) is 0 Å². The zero-order valence-electron chi connectivity index (χ0n) is 16.8. The van der Waals surface area contributed by atoms with Gasteiger partial charge in [0.2, 0.25) is 0 Å². The van der Waals surface area contributed by atoms with Gasteiger partial charge in [-0.25, -0.2) is 4.98 Å². The van der Waals surface area contributed by atoms with Crippen molar-refractivity contribution in [3.63, 3.8) is 0 Å². The lowest BCUT2D eigenvalue weighted by atomic mass is 10.0. The number of rotatable bonds is 4. The van der Waals surface area contributed by atoms with Crippen molar-refractivity contribution in [3.05, 3.63) is 98.8 Å². The number of alkyl halides is 3. The number of hydrogen-bond acceptors (Lipinski definition) is 4. The van der Waals surface area contributed by atoms with E-state index in [0.29, 0.717) is 11.3 Å². The van der Waals surface area contributed by atoms with Crippen molar-refractivity contribution in [2.45, 2.75) is 19.6 Å². The zero-order chi connectivity index (χ0) is 22.9. The fraction of sp³-hybridized carbons (Fsp3) is 0.125. The number of hydrogen-bond donors (Lipinski definition) is 0. The first kappa shape index (κ1) is 21.5. The van der Waals surface area contributed by atoms with Gasteiger partial charge < -0.3 is 4.57 Å². The van der Waals surface area contributed by atoms with Gasteiger partial charge in [-0.2, -0.15) is 18.4 Å². The van der Waals surface area contributed by atoms with E-state index >= 15 is 0 Å². The molecular formula is C24H16F3N3OS. The first-order valence-corrected chi connectivity index (χ1v) is 10.5. The van der Waals surface area contributed by atoms with Gasteiger partial charge in [0.15, 0.2) is 0 Å². The third-order valence-electron chi connectivity index (χ3n) is 4.92. The lowest BCUT2D eigenvalue weighted by molar-refractivity contribution is -0.137. The van der Waals surface area contributed by atoms with E-state index in [9.17, 15) is 23.2 Å². The van der Waals surface area contributed by atoms with Gasteiger partial charge in [-0.3, -0.25) is 4.79 Å². The second-order valence-corrected chi connectivity index (χ2v) is 8.06. The molecule has 4 rings (SSSR count). The molecule has 0 aliphatic carbocycles. The highest BCUT2D eigenvalue weighted by atomic mass is 32.1. The molecule has 2 aromatic carbocycles. The van der Waals surface area contributed by atoms with Gasteiger partial charge in [0.1, 0.15) is 16.6 Å². The van der Waals surface area contributed by atoms with Crippen LogP contribution < -0.4 is 5.56 Å². The summed E-state index contributed by atoms with van der Waals surface area (Å²) in [5, 5.41) is 11.8. The molecule has 4 nitrogen and oxygen atoms in total. The van der Waals surface area contributed by atoms with Crippen LogP contribution in [0, 0.1) is 18.3 Å². The molecule has 2 aromatic heterocycles. The number of aromatic nitrogens is 2. The van der Waals surface area contributed by atoms with Crippen molar-refractivity contribution in [1.82, 2.24) is 9.55 Å². The predicted molar refractivity (Wildman–Crippen MR) is 117 cm³/mol. The maximum absolute atomic E-state index is 13.6. The second kappa shape index (κ2) is 8.44. The largest absolute Gasteiger partial charge is 0.417 e. The molecule has 0 spiro atoms. The summed E-state index contributed by atoms with van der Waals surface area (Å²) < 4.78 is 42.1. The highest BCUT2D eigenvalue weighted by molar-refractivity contribution is 7.13. The van der Waals surface area contributed by atoms with Gasteiger partial charge in [0.05, 0.1) is 23.5 Å². The fourth-order valence-electron chi connectivity index (χ4n) is 3.43. The highest BCUT2D eigenvalue weighted by Crippen LogP contribution is 2.34. The monoisotopic (exact) mass is 451 g/mol. The molecule has 160 valence electrons. The van der Waals surface area contributed by atoms with Crippen LogP contribution in [0.1, 0.15) is 22.4 Å². The summed E-state index contributed by atoms with van der Waals surface area (Å²) in [6, 6.07) is 18.6. The molecule has 0 amide bonds. The lowest BCUT2D eigenvalue weighted by Crippen LogP contribution is -2.28. The number of nitrogens with zero attached hydrogens (tertiary/aromatic N) is 3. The van der Waals surface area contributed by atoms with Crippen molar-refractivity contribution >= 4 is 11.3 Å². The Bertz CT molecular complexity index is 1380. The first-order chi connectivity index (χ1) is 15.3. The molecule has 0 saturated carbocycles. The third kappa shape index (κ3) is 4.20. The summed E-state index contributed by atoms with van der Waals surface area (Å²) in [4.78, 5) is 17.6. The molecule has 32 heavy (non-hydrogen) atoms. The molecule has 4 aromatic rings. The van der Waals surface area contributed by atoms with Crippen LogP contribution in [0.15, 0.2) is 70.8 Å². The SMILES string of the molecule is Cc1cccc(-c2cc(C(F)(F)F)c(C#N)c(=O)n2Cc2csc(-c3ccccc3)n2)c1. The molecule has 0 atom stereocenters. The fourth-order valence-corrected chi connectivity index (χ4v) is 4.25.